The number of rotatable bonds is 5. The Balaban J connectivity index is 3.53. The smallest absolute Gasteiger partial charge is 0.334 e. The van der Waals surface area contributed by atoms with Crippen molar-refractivity contribution >= 4 is 34.5 Å². The van der Waals surface area contributed by atoms with Gasteiger partial charge in [0, 0.05) is 0 Å². The fourth-order valence-electron chi connectivity index (χ4n) is 0.405. The van der Waals surface area contributed by atoms with Crippen LogP contribution in [0.1, 0.15) is 0 Å². The number of ether oxygens (including phenoxy) is 2. The van der Waals surface area contributed by atoms with Crippen molar-refractivity contribution in [1.29, 1.82) is 0 Å². The Morgan fingerprint density at radius 2 is 2.15 bits per heavy atom. The second-order valence-electron chi connectivity index (χ2n) is 1.86. The van der Waals surface area contributed by atoms with Gasteiger partial charge in [-0.05, 0) is 22.6 Å². The van der Waals surface area contributed by atoms with E-state index in [1.54, 1.807) is 22.6 Å². The number of carboxylic acids is 1. The first-order valence-corrected chi connectivity index (χ1v) is 4.40. The van der Waals surface area contributed by atoms with E-state index in [1.807, 2.05) is 0 Å². The van der Waals surface area contributed by atoms with Crippen molar-refractivity contribution in [2.24, 2.45) is 0 Å². The molecule has 0 rings (SSSR count). The van der Waals surface area contributed by atoms with E-state index in [-0.39, 0.29) is 0 Å². The van der Waals surface area contributed by atoms with Gasteiger partial charge >= 0.3 is 11.9 Å². The summed E-state index contributed by atoms with van der Waals surface area (Å²) in [6.07, 6.45) is 4.93. The molecule has 0 aromatic carbocycles. The van der Waals surface area contributed by atoms with Crippen molar-refractivity contribution in [3.05, 3.63) is 0 Å². The van der Waals surface area contributed by atoms with Gasteiger partial charge in [0.15, 0.2) is 0 Å². The summed E-state index contributed by atoms with van der Waals surface area (Å²) >= 11 is 1.73. The number of carbonyl (C=O) groups is 2. The zero-order chi connectivity index (χ0) is 10.3. The zero-order valence-corrected chi connectivity index (χ0v) is 8.68. The lowest BCUT2D eigenvalue weighted by Crippen LogP contribution is -2.18. The largest absolute Gasteiger partial charge is 0.480 e. The average Bonchev–Trinajstić information content (AvgIpc) is 2.03. The first-order chi connectivity index (χ1) is 6.06. The molecule has 0 heterocycles. The van der Waals surface area contributed by atoms with Gasteiger partial charge in [-0.15, -0.1) is 6.42 Å². The number of esters is 1. The summed E-state index contributed by atoms with van der Waals surface area (Å²) in [5.41, 5.74) is 0. The number of carboxylic acid groups (broad SMARTS) is 1. The third-order valence-electron chi connectivity index (χ3n) is 0.811. The van der Waals surface area contributed by atoms with Crippen LogP contribution in [0.5, 0.6) is 0 Å². The fourth-order valence-corrected chi connectivity index (χ4v) is 0.689. The van der Waals surface area contributed by atoms with Gasteiger partial charge in [0.2, 0.25) is 4.11 Å². The molecule has 1 unspecified atom stereocenters. The molecule has 0 saturated heterocycles. The van der Waals surface area contributed by atoms with Crippen molar-refractivity contribution in [3.8, 4) is 12.3 Å². The first-order valence-electron chi connectivity index (χ1n) is 3.15. The van der Waals surface area contributed by atoms with Crippen molar-refractivity contribution < 1.29 is 24.2 Å². The molecule has 1 atom stereocenters. The van der Waals surface area contributed by atoms with E-state index in [4.69, 9.17) is 11.5 Å². The highest BCUT2D eigenvalue weighted by molar-refractivity contribution is 14.1. The highest BCUT2D eigenvalue weighted by Gasteiger charge is 2.08. The van der Waals surface area contributed by atoms with E-state index >= 15 is 0 Å². The summed E-state index contributed by atoms with van der Waals surface area (Å²) in [6.45, 7) is -0.940. The van der Waals surface area contributed by atoms with Crippen LogP contribution in [0.15, 0.2) is 0 Å². The molecule has 0 aromatic rings. The third-order valence-corrected chi connectivity index (χ3v) is 1.43. The molecule has 0 aliphatic rings. The summed E-state index contributed by atoms with van der Waals surface area (Å²) in [7, 11) is 0. The van der Waals surface area contributed by atoms with Crippen LogP contribution in [0.2, 0.25) is 0 Å². The number of alkyl halides is 1. The standard InChI is InChI=1S/C7H7IO5/c1-2-5(8)13-7(11)4-12-3-6(9)10/h1,5H,3-4H2,(H,9,10). The predicted octanol–water partition coefficient (Wildman–Crippen LogP) is 0.0251. The molecule has 0 spiro atoms. The summed E-state index contributed by atoms with van der Waals surface area (Å²) < 4.78 is 8.38. The number of carbonyl (C=O) groups excluding carboxylic acids is 1. The summed E-state index contributed by atoms with van der Waals surface area (Å²) in [6, 6.07) is 0. The van der Waals surface area contributed by atoms with Crippen LogP contribution in [0, 0.1) is 12.3 Å². The highest BCUT2D eigenvalue weighted by atomic mass is 127. The van der Waals surface area contributed by atoms with Crippen molar-refractivity contribution in [2.45, 2.75) is 4.11 Å². The Morgan fingerprint density at radius 3 is 2.62 bits per heavy atom. The molecule has 0 saturated carbocycles. The molecule has 0 bridgehead atoms. The Hall–Kier alpha value is -0.810. The van der Waals surface area contributed by atoms with Crippen LogP contribution in [0.3, 0.4) is 0 Å². The van der Waals surface area contributed by atoms with Gasteiger partial charge < -0.3 is 14.6 Å². The molecule has 0 aromatic heterocycles. The summed E-state index contributed by atoms with van der Waals surface area (Å²) in [4.78, 5) is 20.7. The normalized spacial score (nSPS) is 11.4. The van der Waals surface area contributed by atoms with Crippen LogP contribution in [0.25, 0.3) is 0 Å². The van der Waals surface area contributed by atoms with Gasteiger partial charge in [0.25, 0.3) is 0 Å². The number of terminal acetylenes is 1. The van der Waals surface area contributed by atoms with E-state index in [0.29, 0.717) is 0 Å². The topological polar surface area (TPSA) is 72.8 Å². The minimum atomic E-state index is -1.14. The Bertz CT molecular complexity index is 232. The minimum absolute atomic E-state index is 0.409. The lowest BCUT2D eigenvalue weighted by atomic mass is 10.6. The van der Waals surface area contributed by atoms with Gasteiger partial charge in [0.05, 0.1) is 0 Å². The maximum atomic E-state index is 10.8. The maximum absolute atomic E-state index is 10.8. The fraction of sp³-hybridized carbons (Fsp3) is 0.429. The second kappa shape index (κ2) is 6.68. The molecule has 1 N–H and O–H groups in total. The van der Waals surface area contributed by atoms with Crippen LogP contribution >= 0.6 is 22.6 Å². The Morgan fingerprint density at radius 1 is 1.54 bits per heavy atom. The predicted molar refractivity (Wildman–Crippen MR) is 51.2 cm³/mol. The lowest BCUT2D eigenvalue weighted by Gasteiger charge is -2.04. The molecule has 6 heteroatoms. The van der Waals surface area contributed by atoms with E-state index < -0.39 is 29.3 Å². The first kappa shape index (κ1) is 12.2. The lowest BCUT2D eigenvalue weighted by molar-refractivity contribution is -0.152. The maximum Gasteiger partial charge on any atom is 0.334 e. The van der Waals surface area contributed by atoms with Crippen LogP contribution in [-0.2, 0) is 19.1 Å². The van der Waals surface area contributed by atoms with Gasteiger partial charge in [-0.25, -0.2) is 9.59 Å². The number of aliphatic carboxylic acids is 1. The van der Waals surface area contributed by atoms with Crippen molar-refractivity contribution in [2.75, 3.05) is 13.2 Å². The van der Waals surface area contributed by atoms with Crippen molar-refractivity contribution in [3.63, 3.8) is 0 Å². The monoisotopic (exact) mass is 298 g/mol. The van der Waals surface area contributed by atoms with Crippen LogP contribution in [0.4, 0.5) is 0 Å². The van der Waals surface area contributed by atoms with E-state index in [1.165, 1.54) is 0 Å². The molecular weight excluding hydrogens is 291 g/mol. The summed E-state index contributed by atoms with van der Waals surface area (Å²) in [5, 5.41) is 8.14. The Kier molecular flexibility index (Phi) is 6.26. The second-order valence-corrected chi connectivity index (χ2v) is 2.99. The molecule has 0 amide bonds. The zero-order valence-electron chi connectivity index (χ0n) is 6.53. The highest BCUT2D eigenvalue weighted by Crippen LogP contribution is 2.00. The van der Waals surface area contributed by atoms with Gasteiger partial charge in [-0.1, -0.05) is 5.92 Å². The number of halogens is 1. The minimum Gasteiger partial charge on any atom is -0.480 e. The Labute approximate surface area is 88.5 Å². The molecular formula is C7H7IO5. The molecule has 0 aliphatic heterocycles. The van der Waals surface area contributed by atoms with Crippen molar-refractivity contribution in [1.82, 2.24) is 0 Å². The van der Waals surface area contributed by atoms with Crippen LogP contribution in [-0.4, -0.2) is 34.4 Å². The number of hydrogen-bond acceptors (Lipinski definition) is 4. The third kappa shape index (κ3) is 7.55. The van der Waals surface area contributed by atoms with E-state index in [0.717, 1.165) is 0 Å². The molecule has 13 heavy (non-hydrogen) atoms. The van der Waals surface area contributed by atoms with Gasteiger partial charge in [-0.3, -0.25) is 0 Å². The molecule has 72 valence electrons. The summed E-state index contributed by atoms with van der Waals surface area (Å²) in [5.74, 6) is 0.342. The molecule has 0 radical (unpaired) electrons. The van der Waals surface area contributed by atoms with E-state index in [2.05, 4.69) is 15.4 Å². The SMILES string of the molecule is C#CC(I)OC(=O)COCC(=O)O. The number of hydrogen-bond donors (Lipinski definition) is 1. The molecule has 0 aliphatic carbocycles. The van der Waals surface area contributed by atoms with Crippen LogP contribution < -0.4 is 0 Å². The molecule has 5 nitrogen and oxygen atoms in total. The van der Waals surface area contributed by atoms with Gasteiger partial charge in [0.1, 0.15) is 13.2 Å². The average molecular weight is 298 g/mol. The molecule has 0 fully saturated rings. The van der Waals surface area contributed by atoms with Gasteiger partial charge in [-0.2, -0.15) is 0 Å². The van der Waals surface area contributed by atoms with E-state index in [9.17, 15) is 9.59 Å². The quantitative estimate of drug-likeness (QED) is 0.335.